The zero-order valence-electron chi connectivity index (χ0n) is 16.3. The summed E-state index contributed by atoms with van der Waals surface area (Å²) < 4.78 is 11.5. The highest BCUT2D eigenvalue weighted by atomic mass is 16.5. The molecule has 0 radical (unpaired) electrons. The third-order valence-corrected chi connectivity index (χ3v) is 5.35. The van der Waals surface area contributed by atoms with Crippen LogP contribution in [0.2, 0.25) is 0 Å². The molecule has 1 heterocycles. The van der Waals surface area contributed by atoms with Crippen LogP contribution in [0.1, 0.15) is 46.0 Å². The van der Waals surface area contributed by atoms with Gasteiger partial charge in [-0.25, -0.2) is 0 Å². The molecule has 1 atom stereocenters. The Hall–Kier alpha value is -2.08. The highest BCUT2D eigenvalue weighted by Crippen LogP contribution is 2.42. The third kappa shape index (κ3) is 5.01. The first-order valence-corrected chi connectivity index (χ1v) is 9.99. The van der Waals surface area contributed by atoms with Crippen LogP contribution in [0.3, 0.4) is 0 Å². The number of benzene rings is 1. The van der Waals surface area contributed by atoms with Gasteiger partial charge in [-0.3, -0.25) is 9.59 Å². The molecular formula is C21H30N2O4. The summed E-state index contributed by atoms with van der Waals surface area (Å²) in [5, 5.41) is 2.95. The van der Waals surface area contributed by atoms with Crippen molar-refractivity contribution in [3.63, 3.8) is 0 Å². The number of carbonyl (C=O) groups is 2. The fraction of sp³-hybridized carbons (Fsp3) is 0.619. The molecule has 0 bridgehead atoms. The van der Waals surface area contributed by atoms with E-state index >= 15 is 0 Å². The lowest BCUT2D eigenvalue weighted by Gasteiger charge is -2.28. The Morgan fingerprint density at radius 1 is 1.19 bits per heavy atom. The van der Waals surface area contributed by atoms with Gasteiger partial charge in [-0.2, -0.15) is 0 Å². The molecule has 3 rings (SSSR count). The lowest BCUT2D eigenvalue weighted by atomic mass is 9.98. The van der Waals surface area contributed by atoms with Gasteiger partial charge in [0.05, 0.1) is 0 Å². The Morgan fingerprint density at radius 2 is 1.85 bits per heavy atom. The average molecular weight is 374 g/mol. The van der Waals surface area contributed by atoms with Gasteiger partial charge < -0.3 is 19.7 Å². The lowest BCUT2D eigenvalue weighted by molar-refractivity contribution is -0.142. The van der Waals surface area contributed by atoms with E-state index in [9.17, 15) is 9.59 Å². The van der Waals surface area contributed by atoms with Gasteiger partial charge in [0.1, 0.15) is 11.4 Å². The minimum Gasteiger partial charge on any atom is -0.484 e. The highest BCUT2D eigenvalue weighted by molar-refractivity contribution is 5.97. The molecule has 2 aliphatic rings. The molecule has 1 aliphatic heterocycles. The van der Waals surface area contributed by atoms with E-state index in [2.05, 4.69) is 5.32 Å². The minimum absolute atomic E-state index is 0.0261. The molecule has 1 saturated heterocycles. The zero-order chi connectivity index (χ0) is 19.3. The summed E-state index contributed by atoms with van der Waals surface area (Å²) in [4.78, 5) is 26.6. The van der Waals surface area contributed by atoms with E-state index in [1.807, 2.05) is 18.7 Å². The second-order valence-corrected chi connectivity index (χ2v) is 7.58. The molecule has 1 aromatic rings. The summed E-state index contributed by atoms with van der Waals surface area (Å²) in [6, 6.07) is 7.13. The van der Waals surface area contributed by atoms with Gasteiger partial charge in [0.2, 0.25) is 0 Å². The first-order valence-electron chi connectivity index (χ1n) is 9.99. The fourth-order valence-corrected chi connectivity index (χ4v) is 3.41. The van der Waals surface area contributed by atoms with E-state index in [1.165, 1.54) is 0 Å². The van der Waals surface area contributed by atoms with Crippen LogP contribution < -0.4 is 10.1 Å². The quantitative estimate of drug-likeness (QED) is 0.721. The van der Waals surface area contributed by atoms with E-state index in [4.69, 9.17) is 9.47 Å². The molecule has 6 heteroatoms. The normalized spacial score (nSPS) is 18.8. The SMILES string of the molecule is CCCOC(C)(C(=O)Nc1ccc(OCC(=O)N2CCCC2)cc1)C1CC1. The number of amides is 2. The molecule has 0 aromatic heterocycles. The number of carbonyl (C=O) groups excluding carboxylic acids is 2. The number of rotatable bonds is 9. The molecule has 6 nitrogen and oxygen atoms in total. The fourth-order valence-electron chi connectivity index (χ4n) is 3.41. The van der Waals surface area contributed by atoms with Gasteiger partial charge in [0, 0.05) is 25.4 Å². The Labute approximate surface area is 161 Å². The molecule has 1 unspecified atom stereocenters. The van der Waals surface area contributed by atoms with Crippen molar-refractivity contribution in [3.05, 3.63) is 24.3 Å². The molecule has 148 valence electrons. The molecule has 2 fully saturated rings. The smallest absolute Gasteiger partial charge is 0.260 e. The number of hydrogen-bond donors (Lipinski definition) is 1. The van der Waals surface area contributed by atoms with Gasteiger partial charge in [-0.05, 0) is 69.2 Å². The van der Waals surface area contributed by atoms with Crippen molar-refractivity contribution in [2.24, 2.45) is 5.92 Å². The van der Waals surface area contributed by atoms with Crippen LogP contribution in [0.15, 0.2) is 24.3 Å². The van der Waals surface area contributed by atoms with Crippen LogP contribution >= 0.6 is 0 Å². The van der Waals surface area contributed by atoms with Gasteiger partial charge in [0.15, 0.2) is 6.61 Å². The lowest BCUT2D eigenvalue weighted by Crippen LogP contribution is -2.45. The minimum atomic E-state index is -0.771. The van der Waals surface area contributed by atoms with E-state index in [0.717, 1.165) is 45.2 Å². The molecule has 1 N–H and O–H groups in total. The van der Waals surface area contributed by atoms with Crippen molar-refractivity contribution >= 4 is 17.5 Å². The Kier molecular flexibility index (Phi) is 6.37. The summed E-state index contributed by atoms with van der Waals surface area (Å²) in [5.41, 5.74) is -0.0713. The van der Waals surface area contributed by atoms with Crippen molar-refractivity contribution in [3.8, 4) is 5.75 Å². The predicted octanol–water partition coefficient (Wildman–Crippen LogP) is 3.22. The number of ether oxygens (including phenoxy) is 2. The van der Waals surface area contributed by atoms with Crippen LogP contribution in [0, 0.1) is 5.92 Å². The summed E-state index contributed by atoms with van der Waals surface area (Å²) in [6.45, 7) is 6.21. The second-order valence-electron chi connectivity index (χ2n) is 7.58. The standard InChI is InChI=1S/C21H30N2O4/c1-3-14-27-21(2,16-6-7-16)20(25)22-17-8-10-18(11-9-17)26-15-19(24)23-12-4-5-13-23/h8-11,16H,3-7,12-15H2,1-2H3,(H,22,25). The summed E-state index contributed by atoms with van der Waals surface area (Å²) in [6.07, 6.45) is 5.10. The van der Waals surface area contributed by atoms with E-state index < -0.39 is 5.60 Å². The van der Waals surface area contributed by atoms with E-state index in [1.54, 1.807) is 24.3 Å². The first kappa shape index (κ1) is 19.7. The maximum atomic E-state index is 12.8. The topological polar surface area (TPSA) is 67.9 Å². The van der Waals surface area contributed by atoms with Crippen LogP contribution in [-0.2, 0) is 14.3 Å². The summed E-state index contributed by atoms with van der Waals surface area (Å²) in [5.74, 6) is 0.838. The largest absolute Gasteiger partial charge is 0.484 e. The maximum Gasteiger partial charge on any atom is 0.260 e. The van der Waals surface area contributed by atoms with Gasteiger partial charge >= 0.3 is 0 Å². The number of anilines is 1. The number of nitrogens with one attached hydrogen (secondary N) is 1. The predicted molar refractivity (Wildman–Crippen MR) is 104 cm³/mol. The van der Waals surface area contributed by atoms with Crippen molar-refractivity contribution < 1.29 is 19.1 Å². The average Bonchev–Trinajstić information content (AvgIpc) is 3.40. The molecule has 1 aliphatic carbocycles. The highest BCUT2D eigenvalue weighted by Gasteiger charge is 2.48. The Bertz CT molecular complexity index is 651. The molecule has 1 aromatic carbocycles. The maximum absolute atomic E-state index is 12.8. The number of nitrogens with zero attached hydrogens (tertiary/aromatic N) is 1. The molecule has 1 saturated carbocycles. The summed E-state index contributed by atoms with van der Waals surface area (Å²) >= 11 is 0. The van der Waals surface area contributed by atoms with Crippen LogP contribution in [0.4, 0.5) is 5.69 Å². The monoisotopic (exact) mass is 374 g/mol. The summed E-state index contributed by atoms with van der Waals surface area (Å²) in [7, 11) is 0. The van der Waals surface area contributed by atoms with Gasteiger partial charge in [-0.1, -0.05) is 6.92 Å². The Morgan fingerprint density at radius 3 is 2.44 bits per heavy atom. The molecule has 0 spiro atoms. The third-order valence-electron chi connectivity index (χ3n) is 5.35. The van der Waals surface area contributed by atoms with Crippen LogP contribution in [-0.4, -0.2) is 48.6 Å². The van der Waals surface area contributed by atoms with Gasteiger partial charge in [-0.15, -0.1) is 0 Å². The first-order chi connectivity index (χ1) is 13.0. The molecular weight excluding hydrogens is 344 g/mol. The number of likely N-dealkylation sites (tertiary alicyclic amines) is 1. The zero-order valence-corrected chi connectivity index (χ0v) is 16.3. The van der Waals surface area contributed by atoms with Crippen molar-refractivity contribution in [2.45, 2.75) is 51.6 Å². The van der Waals surface area contributed by atoms with Gasteiger partial charge in [0.25, 0.3) is 11.8 Å². The Balaban J connectivity index is 1.52. The van der Waals surface area contributed by atoms with E-state index in [0.29, 0.717) is 24.0 Å². The number of hydrogen-bond acceptors (Lipinski definition) is 4. The second kappa shape index (κ2) is 8.74. The van der Waals surface area contributed by atoms with Crippen LogP contribution in [0.25, 0.3) is 0 Å². The molecule has 27 heavy (non-hydrogen) atoms. The van der Waals surface area contributed by atoms with Crippen LogP contribution in [0.5, 0.6) is 5.75 Å². The van der Waals surface area contributed by atoms with Crippen molar-refractivity contribution in [1.29, 1.82) is 0 Å². The van der Waals surface area contributed by atoms with E-state index in [-0.39, 0.29) is 18.4 Å². The van der Waals surface area contributed by atoms with Crippen molar-refractivity contribution in [1.82, 2.24) is 4.90 Å². The van der Waals surface area contributed by atoms with Crippen molar-refractivity contribution in [2.75, 3.05) is 31.6 Å². The molecule has 2 amide bonds.